The third-order valence-electron chi connectivity index (χ3n) is 5.12. The Morgan fingerprint density at radius 2 is 1.77 bits per heavy atom. The normalized spacial score (nSPS) is 12.6. The molecule has 222 valence electrons. The summed E-state index contributed by atoms with van der Waals surface area (Å²) in [5.41, 5.74) is -0.0144. The summed E-state index contributed by atoms with van der Waals surface area (Å²) in [4.78, 5) is 59.0. The third kappa shape index (κ3) is 16.5. The fourth-order valence-corrected chi connectivity index (χ4v) is 5.57. The number of anilines is 1. The average Bonchev–Trinajstić information content (AvgIpc) is 2.85. The molecule has 1 aromatic rings. The van der Waals surface area contributed by atoms with Gasteiger partial charge in [0.05, 0.1) is 25.4 Å². The van der Waals surface area contributed by atoms with Crippen molar-refractivity contribution in [3.63, 3.8) is 0 Å². The van der Waals surface area contributed by atoms with Crippen molar-refractivity contribution in [3.8, 4) is 0 Å². The topological polar surface area (TPSA) is 177 Å². The summed E-state index contributed by atoms with van der Waals surface area (Å²) in [6, 6.07) is 6.20. The zero-order valence-corrected chi connectivity index (χ0v) is 24.6. The first-order chi connectivity index (χ1) is 18.8. The lowest BCUT2D eigenvalue weighted by Crippen LogP contribution is -2.30. The standard InChI is InChI=1S/C26H38BNO10S2/c1-26(2,3)38-24(33)12-19(16-40-17-39-15-18(14-29)11-23(31)32)25(34)37-10-5-4-9-22(30)28-21-8-6-7-20(13-21)27(35)36/h6-8,13-14,18-19,35-36H,4-5,9-12,15-17H2,1-3H3,(H,28,30)(H,31,32). The van der Waals surface area contributed by atoms with Gasteiger partial charge in [0, 0.05) is 34.6 Å². The molecule has 0 aromatic heterocycles. The Morgan fingerprint density at radius 1 is 1.07 bits per heavy atom. The summed E-state index contributed by atoms with van der Waals surface area (Å²) >= 11 is 2.76. The summed E-state index contributed by atoms with van der Waals surface area (Å²) in [6.45, 7) is 5.26. The minimum atomic E-state index is -1.64. The number of esters is 2. The Labute approximate surface area is 243 Å². The molecule has 0 spiro atoms. The van der Waals surface area contributed by atoms with Crippen molar-refractivity contribution < 1.29 is 48.6 Å². The van der Waals surface area contributed by atoms with E-state index in [1.807, 2.05) is 0 Å². The van der Waals surface area contributed by atoms with Gasteiger partial charge >= 0.3 is 25.0 Å². The van der Waals surface area contributed by atoms with E-state index < -0.39 is 42.5 Å². The van der Waals surface area contributed by atoms with Crippen molar-refractivity contribution in [1.82, 2.24) is 0 Å². The van der Waals surface area contributed by atoms with Crippen LogP contribution in [0.5, 0.6) is 0 Å². The molecule has 14 heteroatoms. The van der Waals surface area contributed by atoms with E-state index >= 15 is 0 Å². The van der Waals surface area contributed by atoms with E-state index in [-0.39, 0.29) is 43.0 Å². The van der Waals surface area contributed by atoms with Crippen LogP contribution in [0.25, 0.3) is 0 Å². The molecule has 1 aromatic carbocycles. The molecule has 0 aliphatic rings. The van der Waals surface area contributed by atoms with Gasteiger partial charge in [-0.3, -0.25) is 19.2 Å². The van der Waals surface area contributed by atoms with Crippen molar-refractivity contribution >= 4 is 71.9 Å². The number of carbonyl (C=O) groups excluding carboxylic acids is 4. The lowest BCUT2D eigenvalue weighted by Gasteiger charge is -2.21. The molecular weight excluding hydrogens is 561 g/mol. The summed E-state index contributed by atoms with van der Waals surface area (Å²) in [6.07, 6.45) is 1.26. The van der Waals surface area contributed by atoms with E-state index in [9.17, 15) is 34.0 Å². The number of ether oxygens (including phenoxy) is 2. The number of aldehydes is 1. The summed E-state index contributed by atoms with van der Waals surface area (Å²) in [5.74, 6) is -3.12. The summed E-state index contributed by atoms with van der Waals surface area (Å²) < 4.78 is 10.7. The largest absolute Gasteiger partial charge is 0.488 e. The summed E-state index contributed by atoms with van der Waals surface area (Å²) in [7, 11) is -1.64. The molecule has 11 nitrogen and oxygen atoms in total. The molecule has 0 heterocycles. The van der Waals surface area contributed by atoms with Gasteiger partial charge < -0.3 is 34.7 Å². The van der Waals surface area contributed by atoms with E-state index in [0.717, 1.165) is 0 Å². The van der Waals surface area contributed by atoms with E-state index in [2.05, 4.69) is 5.32 Å². The molecule has 0 radical (unpaired) electrons. The van der Waals surface area contributed by atoms with Crippen LogP contribution in [0.4, 0.5) is 5.69 Å². The van der Waals surface area contributed by atoms with Crippen LogP contribution >= 0.6 is 23.5 Å². The van der Waals surface area contributed by atoms with E-state index in [0.29, 0.717) is 35.7 Å². The van der Waals surface area contributed by atoms with Gasteiger partial charge in [-0.15, -0.1) is 0 Å². The maximum Gasteiger partial charge on any atom is 0.488 e. The quantitative estimate of drug-likeness (QED) is 0.0600. The van der Waals surface area contributed by atoms with Crippen LogP contribution < -0.4 is 10.8 Å². The lowest BCUT2D eigenvalue weighted by molar-refractivity contribution is -0.161. The molecule has 1 rings (SSSR count). The molecule has 1 amide bonds. The SMILES string of the molecule is CC(C)(C)OC(=O)CC(CSCSCC(C=O)CC(=O)O)C(=O)OCCCCC(=O)Nc1cccc(B(O)O)c1. The number of thioether (sulfide) groups is 2. The maximum atomic E-state index is 12.7. The van der Waals surface area contributed by atoms with Crippen molar-refractivity contribution in [3.05, 3.63) is 24.3 Å². The van der Waals surface area contributed by atoms with Crippen LogP contribution in [-0.2, 0) is 33.4 Å². The van der Waals surface area contributed by atoms with E-state index in [1.165, 1.54) is 35.7 Å². The minimum absolute atomic E-state index is 0.0682. The van der Waals surface area contributed by atoms with Gasteiger partial charge in [0.2, 0.25) is 5.91 Å². The maximum absolute atomic E-state index is 12.7. The van der Waals surface area contributed by atoms with Crippen LogP contribution in [0, 0.1) is 11.8 Å². The van der Waals surface area contributed by atoms with Crippen molar-refractivity contribution in [2.45, 2.75) is 58.5 Å². The molecule has 0 aliphatic carbocycles. The van der Waals surface area contributed by atoms with Crippen LogP contribution in [0.1, 0.15) is 52.9 Å². The Hall–Kier alpha value is -2.55. The molecule has 40 heavy (non-hydrogen) atoms. The van der Waals surface area contributed by atoms with E-state index in [1.54, 1.807) is 32.9 Å². The van der Waals surface area contributed by atoms with Crippen molar-refractivity contribution in [2.24, 2.45) is 11.8 Å². The summed E-state index contributed by atoms with van der Waals surface area (Å²) in [5, 5.41) is 30.5. The highest BCUT2D eigenvalue weighted by molar-refractivity contribution is 8.16. The Morgan fingerprint density at radius 3 is 2.40 bits per heavy atom. The van der Waals surface area contributed by atoms with Crippen molar-refractivity contribution in [2.75, 3.05) is 28.5 Å². The zero-order valence-electron chi connectivity index (χ0n) is 23.0. The molecule has 2 atom stereocenters. The minimum Gasteiger partial charge on any atom is -0.481 e. The number of hydrogen-bond donors (Lipinski definition) is 4. The van der Waals surface area contributed by atoms with Gasteiger partial charge in [-0.1, -0.05) is 12.1 Å². The number of amides is 1. The van der Waals surface area contributed by atoms with Crippen LogP contribution in [0.2, 0.25) is 0 Å². The van der Waals surface area contributed by atoms with Gasteiger partial charge in [0.15, 0.2) is 0 Å². The fraction of sp³-hybridized carbons (Fsp3) is 0.577. The first kappa shape index (κ1) is 35.5. The highest BCUT2D eigenvalue weighted by atomic mass is 32.2. The molecule has 0 saturated heterocycles. The Kier molecular flexibility index (Phi) is 16.6. The number of carboxylic acids is 1. The first-order valence-electron chi connectivity index (χ1n) is 12.8. The van der Waals surface area contributed by atoms with Crippen LogP contribution in [-0.4, -0.2) is 81.2 Å². The van der Waals surface area contributed by atoms with Crippen LogP contribution in [0.15, 0.2) is 24.3 Å². The number of aliphatic carboxylic acids is 1. The average molecular weight is 600 g/mol. The fourth-order valence-electron chi connectivity index (χ4n) is 3.29. The molecule has 4 N–H and O–H groups in total. The van der Waals surface area contributed by atoms with Gasteiger partial charge in [-0.05, 0) is 51.2 Å². The van der Waals surface area contributed by atoms with Crippen molar-refractivity contribution in [1.29, 1.82) is 0 Å². The molecular formula is C26H38BNO10S2. The van der Waals surface area contributed by atoms with Crippen LogP contribution in [0.3, 0.4) is 0 Å². The molecule has 0 fully saturated rings. The number of unbranched alkanes of at least 4 members (excludes halogenated alkanes) is 1. The predicted octanol–water partition coefficient (Wildman–Crippen LogP) is 2.08. The molecule has 2 unspecified atom stereocenters. The Balaban J connectivity index is 2.49. The second-order valence-electron chi connectivity index (χ2n) is 10.0. The lowest BCUT2D eigenvalue weighted by atomic mass is 9.80. The zero-order chi connectivity index (χ0) is 30.1. The van der Waals surface area contributed by atoms with E-state index in [4.69, 9.17) is 14.6 Å². The first-order valence-corrected chi connectivity index (χ1v) is 15.1. The third-order valence-corrected chi connectivity index (χ3v) is 7.76. The number of rotatable bonds is 19. The number of carbonyl (C=O) groups is 5. The molecule has 0 saturated carbocycles. The second-order valence-corrected chi connectivity index (χ2v) is 12.4. The Bertz CT molecular complexity index is 986. The smallest absolute Gasteiger partial charge is 0.481 e. The number of carboxylic acid groups (broad SMARTS) is 1. The number of benzene rings is 1. The number of nitrogens with one attached hydrogen (secondary N) is 1. The highest BCUT2D eigenvalue weighted by Gasteiger charge is 2.27. The monoisotopic (exact) mass is 599 g/mol. The predicted molar refractivity (Wildman–Crippen MR) is 155 cm³/mol. The molecule has 0 bridgehead atoms. The highest BCUT2D eigenvalue weighted by Crippen LogP contribution is 2.22. The van der Waals surface area contributed by atoms with Gasteiger partial charge in [-0.2, -0.15) is 23.5 Å². The number of hydrogen-bond acceptors (Lipinski definition) is 11. The van der Waals surface area contributed by atoms with Gasteiger partial charge in [0.1, 0.15) is 11.9 Å². The second kappa shape index (κ2) is 18.7. The van der Waals surface area contributed by atoms with Gasteiger partial charge in [-0.25, -0.2) is 0 Å². The van der Waals surface area contributed by atoms with Gasteiger partial charge in [0.25, 0.3) is 0 Å². The molecule has 0 aliphatic heterocycles.